The minimum Gasteiger partial charge on any atom is -0.378 e. The topological polar surface area (TPSA) is 51.5 Å². The number of carbonyl (C=O) groups excluding carboxylic acids is 1. The maximum Gasteiger partial charge on any atom is 0.268 e. The molecule has 0 N–H and O–H groups in total. The van der Waals surface area contributed by atoms with E-state index in [0.717, 1.165) is 31.9 Å². The van der Waals surface area contributed by atoms with Crippen LogP contribution in [0.4, 0.5) is 5.69 Å². The number of ether oxygens (including phenoxy) is 1. The van der Waals surface area contributed by atoms with Gasteiger partial charge < -0.3 is 14.2 Å². The Morgan fingerprint density at radius 1 is 1.15 bits per heavy atom. The number of rotatable bonds is 3. The fourth-order valence-electron chi connectivity index (χ4n) is 2.79. The highest BCUT2D eigenvalue weighted by atomic mass is 32.1. The average molecular weight is 387 g/mol. The molecule has 0 saturated carbocycles. The van der Waals surface area contributed by atoms with E-state index < -0.39 is 5.41 Å². The van der Waals surface area contributed by atoms with E-state index in [2.05, 4.69) is 17.0 Å². The van der Waals surface area contributed by atoms with Gasteiger partial charge in [-0.05, 0) is 23.8 Å². The van der Waals surface area contributed by atoms with Gasteiger partial charge in [0.2, 0.25) is 0 Å². The average Bonchev–Trinajstić information content (AvgIpc) is 2.90. The van der Waals surface area contributed by atoms with Crippen molar-refractivity contribution in [3.8, 4) is 0 Å². The lowest BCUT2D eigenvalue weighted by molar-refractivity contribution is -0.120. The van der Waals surface area contributed by atoms with Gasteiger partial charge in [-0.1, -0.05) is 32.9 Å². The Kier molecular flexibility index (Phi) is 5.67. The second-order valence-electron chi connectivity index (χ2n) is 7.76. The van der Waals surface area contributed by atoms with Gasteiger partial charge in [-0.25, -0.2) is 0 Å². The van der Waals surface area contributed by atoms with E-state index in [4.69, 9.17) is 4.74 Å². The molecule has 0 aliphatic carbocycles. The molecular weight excluding hydrogens is 360 g/mol. The summed E-state index contributed by atoms with van der Waals surface area (Å²) in [6.07, 6.45) is 3.46. The Hall–Kier alpha value is -2.18. The fourth-order valence-corrected chi connectivity index (χ4v) is 3.82. The normalized spacial score (nSPS) is 16.8. The first kappa shape index (κ1) is 19.6. The van der Waals surface area contributed by atoms with Crippen LogP contribution in [0.3, 0.4) is 0 Å². The number of benzene rings is 1. The van der Waals surface area contributed by atoms with E-state index in [1.807, 2.05) is 39.0 Å². The van der Waals surface area contributed by atoms with Gasteiger partial charge >= 0.3 is 0 Å². The van der Waals surface area contributed by atoms with Crippen LogP contribution in [0.1, 0.15) is 26.3 Å². The van der Waals surface area contributed by atoms with Crippen LogP contribution in [0.15, 0.2) is 29.1 Å². The molecule has 6 heteroatoms. The van der Waals surface area contributed by atoms with Crippen molar-refractivity contribution in [3.05, 3.63) is 49.4 Å². The molecule has 2 aromatic rings. The standard InChI is InChI=1S/C21H26N2O3S/c1-21(2,3)18(24)14-19-22(4)20(25)17(27-19)13-15-5-7-16(8-6-15)23-9-11-26-12-10-23/h5-8,13-14H,9-12H2,1-4H3/b17-13+,19-14-. The van der Waals surface area contributed by atoms with E-state index in [1.165, 1.54) is 17.0 Å². The molecule has 0 radical (unpaired) electrons. The Balaban J connectivity index is 1.91. The third kappa shape index (κ3) is 4.57. The SMILES string of the molecule is Cn1c(=O)/c(=C\c2ccc(N3CCOCC3)cc2)s/c1=C\C(=O)C(C)(C)C. The molecule has 1 aromatic heterocycles. The minimum absolute atomic E-state index is 0.0146. The summed E-state index contributed by atoms with van der Waals surface area (Å²) < 4.78 is 8.24. The lowest BCUT2D eigenvalue weighted by Gasteiger charge is -2.28. The Bertz CT molecular complexity index is 988. The number of anilines is 1. The van der Waals surface area contributed by atoms with Crippen molar-refractivity contribution in [2.24, 2.45) is 12.5 Å². The maximum atomic E-state index is 12.5. The van der Waals surface area contributed by atoms with Crippen molar-refractivity contribution in [2.75, 3.05) is 31.2 Å². The number of nitrogens with zero attached hydrogens (tertiary/aromatic N) is 2. The maximum absolute atomic E-state index is 12.5. The van der Waals surface area contributed by atoms with Crippen LogP contribution in [-0.2, 0) is 16.6 Å². The molecular formula is C21H26N2O3S. The van der Waals surface area contributed by atoms with Crippen LogP contribution >= 0.6 is 11.3 Å². The number of hydrogen-bond acceptors (Lipinski definition) is 5. The quantitative estimate of drug-likeness (QED) is 0.802. The summed E-state index contributed by atoms with van der Waals surface area (Å²) in [6, 6.07) is 8.19. The Morgan fingerprint density at radius 3 is 2.37 bits per heavy atom. The Morgan fingerprint density at radius 2 is 1.78 bits per heavy atom. The molecule has 1 aliphatic rings. The lowest BCUT2D eigenvalue weighted by atomic mass is 9.91. The highest BCUT2D eigenvalue weighted by molar-refractivity contribution is 7.07. The van der Waals surface area contributed by atoms with Gasteiger partial charge in [-0.2, -0.15) is 0 Å². The predicted molar refractivity (Wildman–Crippen MR) is 111 cm³/mol. The molecule has 0 amide bonds. The number of carbonyl (C=O) groups is 1. The van der Waals surface area contributed by atoms with Crippen LogP contribution in [0, 0.1) is 5.41 Å². The number of ketones is 1. The first-order valence-electron chi connectivity index (χ1n) is 9.12. The molecule has 1 aromatic carbocycles. The number of thiazole rings is 1. The summed E-state index contributed by atoms with van der Waals surface area (Å²) in [4.78, 5) is 27.1. The minimum atomic E-state index is -0.459. The number of hydrogen-bond donors (Lipinski definition) is 0. The van der Waals surface area contributed by atoms with E-state index in [0.29, 0.717) is 9.20 Å². The molecule has 1 fully saturated rings. The van der Waals surface area contributed by atoms with Crippen molar-refractivity contribution in [1.29, 1.82) is 0 Å². The molecule has 0 unspecified atom stereocenters. The molecule has 1 aliphatic heterocycles. The van der Waals surface area contributed by atoms with Gasteiger partial charge in [-0.3, -0.25) is 9.59 Å². The highest BCUT2D eigenvalue weighted by Gasteiger charge is 2.19. The van der Waals surface area contributed by atoms with Crippen molar-refractivity contribution >= 4 is 35.0 Å². The number of morpholine rings is 1. The summed E-state index contributed by atoms with van der Waals surface area (Å²) in [5, 5.41) is 0. The second kappa shape index (κ2) is 7.82. The van der Waals surface area contributed by atoms with E-state index in [1.54, 1.807) is 17.7 Å². The second-order valence-corrected chi connectivity index (χ2v) is 8.82. The van der Waals surface area contributed by atoms with Crippen LogP contribution < -0.4 is 19.7 Å². The third-order valence-corrected chi connectivity index (χ3v) is 5.73. The van der Waals surface area contributed by atoms with Crippen molar-refractivity contribution < 1.29 is 9.53 Å². The summed E-state index contributed by atoms with van der Waals surface area (Å²) in [6.45, 7) is 8.93. The largest absolute Gasteiger partial charge is 0.378 e. The number of aromatic nitrogens is 1. The molecule has 0 atom stereocenters. The zero-order chi connectivity index (χ0) is 19.6. The summed E-state index contributed by atoms with van der Waals surface area (Å²) >= 11 is 1.35. The smallest absolute Gasteiger partial charge is 0.268 e. The van der Waals surface area contributed by atoms with Crippen LogP contribution in [-0.4, -0.2) is 36.7 Å². The summed E-state index contributed by atoms with van der Waals surface area (Å²) in [5.74, 6) is 0.0146. The molecule has 144 valence electrons. The van der Waals surface area contributed by atoms with Crippen molar-refractivity contribution in [1.82, 2.24) is 4.57 Å². The lowest BCUT2D eigenvalue weighted by Crippen LogP contribution is -2.36. The molecule has 2 heterocycles. The molecule has 0 spiro atoms. The summed E-state index contributed by atoms with van der Waals surface area (Å²) in [5.41, 5.74) is 1.60. The number of Topliss-reactive ketones (excluding diaryl/α,β-unsaturated/α-hetero) is 1. The van der Waals surface area contributed by atoms with Gasteiger partial charge in [0.25, 0.3) is 5.56 Å². The van der Waals surface area contributed by atoms with Crippen molar-refractivity contribution in [2.45, 2.75) is 20.8 Å². The molecule has 1 saturated heterocycles. The van der Waals surface area contributed by atoms with Crippen LogP contribution in [0.25, 0.3) is 12.2 Å². The monoisotopic (exact) mass is 386 g/mol. The molecule has 3 rings (SSSR count). The third-order valence-electron chi connectivity index (χ3n) is 4.62. The Labute approximate surface area is 163 Å². The van der Waals surface area contributed by atoms with E-state index >= 15 is 0 Å². The van der Waals surface area contributed by atoms with Crippen molar-refractivity contribution in [3.63, 3.8) is 0 Å². The van der Waals surface area contributed by atoms with Gasteiger partial charge in [0, 0.05) is 37.3 Å². The van der Waals surface area contributed by atoms with Crippen LogP contribution in [0.2, 0.25) is 0 Å². The highest BCUT2D eigenvalue weighted by Crippen LogP contribution is 2.17. The van der Waals surface area contributed by atoms with Gasteiger partial charge in [-0.15, -0.1) is 11.3 Å². The zero-order valence-corrected chi connectivity index (χ0v) is 17.1. The molecule has 5 nitrogen and oxygen atoms in total. The van der Waals surface area contributed by atoms with Gasteiger partial charge in [0.05, 0.1) is 17.7 Å². The summed E-state index contributed by atoms with van der Waals surface area (Å²) in [7, 11) is 1.71. The predicted octanol–water partition coefficient (Wildman–Crippen LogP) is 1.51. The zero-order valence-electron chi connectivity index (χ0n) is 16.3. The molecule has 27 heavy (non-hydrogen) atoms. The first-order valence-corrected chi connectivity index (χ1v) is 9.94. The van der Waals surface area contributed by atoms with Gasteiger partial charge in [0.1, 0.15) is 4.66 Å². The fraction of sp³-hybridized carbons (Fsp3) is 0.429. The van der Waals surface area contributed by atoms with E-state index in [-0.39, 0.29) is 11.3 Å². The van der Waals surface area contributed by atoms with Crippen LogP contribution in [0.5, 0.6) is 0 Å². The first-order chi connectivity index (χ1) is 12.8. The van der Waals surface area contributed by atoms with Gasteiger partial charge in [0.15, 0.2) is 5.78 Å². The van der Waals surface area contributed by atoms with E-state index in [9.17, 15) is 9.59 Å². The molecule has 0 bridgehead atoms.